The number of thiazole rings is 1. The first-order chi connectivity index (χ1) is 10.8. The lowest BCUT2D eigenvalue weighted by Crippen LogP contribution is -2.28. The summed E-state index contributed by atoms with van der Waals surface area (Å²) in [5.74, 6) is 0.143. The SMILES string of the molecule is CC(C)(C)C(=O)Nc1nc2scc(-c3ccc(Cl)cc3Cl)n2n1. The highest BCUT2D eigenvalue weighted by Crippen LogP contribution is 2.33. The molecule has 0 saturated carbocycles. The van der Waals surface area contributed by atoms with E-state index in [-0.39, 0.29) is 11.9 Å². The van der Waals surface area contributed by atoms with E-state index in [0.29, 0.717) is 15.0 Å². The molecule has 2 heterocycles. The fraction of sp³-hybridized carbons (Fsp3) is 0.267. The number of fused-ring (bicyclic) bond motifs is 1. The maximum atomic E-state index is 12.0. The van der Waals surface area contributed by atoms with Crippen LogP contribution in [0.15, 0.2) is 23.6 Å². The quantitative estimate of drug-likeness (QED) is 0.709. The second-order valence-corrected chi connectivity index (χ2v) is 7.76. The van der Waals surface area contributed by atoms with Gasteiger partial charge in [-0.3, -0.25) is 10.1 Å². The number of nitrogens with zero attached hydrogens (tertiary/aromatic N) is 3. The maximum Gasteiger partial charge on any atom is 0.250 e. The molecule has 0 fully saturated rings. The zero-order valence-electron chi connectivity index (χ0n) is 12.7. The van der Waals surface area contributed by atoms with Gasteiger partial charge in [0.25, 0.3) is 0 Å². The predicted octanol–water partition coefficient (Wildman–Crippen LogP) is 4.75. The van der Waals surface area contributed by atoms with Crippen LogP contribution in [0.2, 0.25) is 10.0 Å². The van der Waals surface area contributed by atoms with E-state index in [2.05, 4.69) is 15.4 Å². The molecule has 0 aliphatic rings. The molecule has 0 aliphatic heterocycles. The van der Waals surface area contributed by atoms with Gasteiger partial charge in [-0.2, -0.15) is 4.98 Å². The molecule has 0 spiro atoms. The van der Waals surface area contributed by atoms with E-state index >= 15 is 0 Å². The van der Waals surface area contributed by atoms with E-state index in [1.165, 1.54) is 11.3 Å². The molecule has 5 nitrogen and oxygen atoms in total. The number of amides is 1. The fourth-order valence-electron chi connectivity index (χ4n) is 1.91. The minimum atomic E-state index is -0.513. The van der Waals surface area contributed by atoms with Crippen molar-refractivity contribution in [1.82, 2.24) is 14.6 Å². The van der Waals surface area contributed by atoms with Crippen molar-refractivity contribution in [3.05, 3.63) is 33.6 Å². The van der Waals surface area contributed by atoms with Crippen molar-refractivity contribution in [2.75, 3.05) is 5.32 Å². The summed E-state index contributed by atoms with van der Waals surface area (Å²) in [6, 6.07) is 5.29. The van der Waals surface area contributed by atoms with Crippen LogP contribution in [0, 0.1) is 5.41 Å². The average Bonchev–Trinajstić information content (AvgIpc) is 2.98. The molecule has 1 amide bonds. The lowest BCUT2D eigenvalue weighted by atomic mass is 9.96. The smallest absolute Gasteiger partial charge is 0.250 e. The Hall–Kier alpha value is -1.63. The summed E-state index contributed by atoms with van der Waals surface area (Å²) >= 11 is 13.6. The summed E-state index contributed by atoms with van der Waals surface area (Å²) in [6.07, 6.45) is 0. The van der Waals surface area contributed by atoms with E-state index in [9.17, 15) is 4.79 Å². The van der Waals surface area contributed by atoms with Crippen molar-refractivity contribution < 1.29 is 4.79 Å². The number of aromatic nitrogens is 3. The monoisotopic (exact) mass is 368 g/mol. The van der Waals surface area contributed by atoms with Crippen LogP contribution >= 0.6 is 34.5 Å². The zero-order chi connectivity index (χ0) is 16.8. The Labute approximate surface area is 147 Å². The summed E-state index contributed by atoms with van der Waals surface area (Å²) in [5, 5.41) is 10.1. The molecule has 23 heavy (non-hydrogen) atoms. The first-order valence-corrected chi connectivity index (χ1v) is 8.50. The average molecular weight is 369 g/mol. The number of carbonyl (C=O) groups excluding carboxylic acids is 1. The van der Waals surface area contributed by atoms with Gasteiger partial charge < -0.3 is 0 Å². The van der Waals surface area contributed by atoms with Crippen LogP contribution in [0.5, 0.6) is 0 Å². The predicted molar refractivity (Wildman–Crippen MR) is 94.4 cm³/mol. The van der Waals surface area contributed by atoms with Crippen LogP contribution in [0.4, 0.5) is 5.95 Å². The van der Waals surface area contributed by atoms with Crippen LogP contribution in [0.25, 0.3) is 16.2 Å². The van der Waals surface area contributed by atoms with Gasteiger partial charge in [0.05, 0.1) is 10.7 Å². The van der Waals surface area contributed by atoms with Gasteiger partial charge in [-0.05, 0) is 18.2 Å². The molecule has 2 aromatic heterocycles. The van der Waals surface area contributed by atoms with Crippen LogP contribution < -0.4 is 5.32 Å². The molecular weight excluding hydrogens is 355 g/mol. The van der Waals surface area contributed by atoms with E-state index < -0.39 is 5.41 Å². The Balaban J connectivity index is 1.99. The summed E-state index contributed by atoms with van der Waals surface area (Å²) in [6.45, 7) is 5.50. The van der Waals surface area contributed by atoms with E-state index in [1.807, 2.05) is 32.2 Å². The van der Waals surface area contributed by atoms with Gasteiger partial charge in [0, 0.05) is 21.4 Å². The van der Waals surface area contributed by atoms with Crippen LogP contribution in [0.1, 0.15) is 20.8 Å². The third-order valence-corrected chi connectivity index (χ3v) is 4.56. The summed E-state index contributed by atoms with van der Waals surface area (Å²) in [5.41, 5.74) is 1.09. The van der Waals surface area contributed by atoms with E-state index in [0.717, 1.165) is 11.3 Å². The number of halogens is 2. The highest BCUT2D eigenvalue weighted by atomic mass is 35.5. The number of carbonyl (C=O) groups is 1. The number of nitrogens with one attached hydrogen (secondary N) is 1. The van der Waals surface area contributed by atoms with Gasteiger partial charge in [-0.15, -0.1) is 16.4 Å². The van der Waals surface area contributed by atoms with Gasteiger partial charge in [0.15, 0.2) is 0 Å². The standard InChI is InChI=1S/C15H14Cl2N4OS/c1-15(2,3)12(22)18-13-19-14-21(20-13)11(7-23-14)9-5-4-8(16)6-10(9)17/h4-7H,1-3H3,(H,18,20,22). The Morgan fingerprint density at radius 1 is 1.30 bits per heavy atom. The topological polar surface area (TPSA) is 59.3 Å². The molecule has 1 aromatic carbocycles. The number of anilines is 1. The molecule has 0 unspecified atom stereocenters. The van der Waals surface area contributed by atoms with Crippen LogP contribution in [-0.4, -0.2) is 20.5 Å². The molecule has 0 aliphatic carbocycles. The highest BCUT2D eigenvalue weighted by molar-refractivity contribution is 7.15. The number of hydrogen-bond acceptors (Lipinski definition) is 4. The second kappa shape index (κ2) is 5.78. The van der Waals surface area contributed by atoms with E-state index in [4.69, 9.17) is 23.2 Å². The summed E-state index contributed by atoms with van der Waals surface area (Å²) in [7, 11) is 0. The largest absolute Gasteiger partial charge is 0.293 e. The normalized spacial score (nSPS) is 11.9. The minimum Gasteiger partial charge on any atom is -0.293 e. The van der Waals surface area contributed by atoms with Crippen molar-refractivity contribution >= 4 is 51.4 Å². The lowest BCUT2D eigenvalue weighted by molar-refractivity contribution is -0.123. The first-order valence-electron chi connectivity index (χ1n) is 6.87. The van der Waals surface area contributed by atoms with Crippen LogP contribution in [0.3, 0.4) is 0 Å². The Morgan fingerprint density at radius 2 is 2.04 bits per heavy atom. The number of hydrogen-bond donors (Lipinski definition) is 1. The lowest BCUT2D eigenvalue weighted by Gasteiger charge is -2.15. The number of benzene rings is 1. The summed E-state index contributed by atoms with van der Waals surface area (Å²) < 4.78 is 1.66. The van der Waals surface area contributed by atoms with Crippen molar-refractivity contribution in [2.24, 2.45) is 5.41 Å². The van der Waals surface area contributed by atoms with Crippen molar-refractivity contribution in [1.29, 1.82) is 0 Å². The van der Waals surface area contributed by atoms with Gasteiger partial charge in [-0.25, -0.2) is 4.52 Å². The van der Waals surface area contributed by atoms with Crippen molar-refractivity contribution in [2.45, 2.75) is 20.8 Å². The van der Waals surface area contributed by atoms with Crippen molar-refractivity contribution in [3.63, 3.8) is 0 Å². The highest BCUT2D eigenvalue weighted by Gasteiger charge is 2.23. The molecule has 8 heteroatoms. The Kier molecular flexibility index (Phi) is 4.08. The van der Waals surface area contributed by atoms with Gasteiger partial charge >= 0.3 is 0 Å². The first kappa shape index (κ1) is 16.2. The molecule has 0 atom stereocenters. The maximum absolute atomic E-state index is 12.0. The molecule has 0 radical (unpaired) electrons. The van der Waals surface area contributed by atoms with Crippen molar-refractivity contribution in [3.8, 4) is 11.3 Å². The molecule has 3 aromatic rings. The number of rotatable bonds is 2. The minimum absolute atomic E-state index is 0.137. The second-order valence-electron chi connectivity index (χ2n) is 6.08. The fourth-order valence-corrected chi connectivity index (χ4v) is 3.23. The molecule has 1 N–H and O–H groups in total. The van der Waals surface area contributed by atoms with Gasteiger partial charge in [0.1, 0.15) is 0 Å². The van der Waals surface area contributed by atoms with Gasteiger partial charge in [0.2, 0.25) is 16.8 Å². The Morgan fingerprint density at radius 3 is 2.70 bits per heavy atom. The molecule has 120 valence electrons. The molecule has 3 rings (SSSR count). The molecule has 0 bridgehead atoms. The zero-order valence-corrected chi connectivity index (χ0v) is 15.1. The van der Waals surface area contributed by atoms with Gasteiger partial charge in [-0.1, -0.05) is 44.0 Å². The van der Waals surface area contributed by atoms with Crippen LogP contribution in [-0.2, 0) is 4.79 Å². The molecule has 0 saturated heterocycles. The summed E-state index contributed by atoms with van der Waals surface area (Å²) in [4.78, 5) is 17.1. The molecular formula is C15H14Cl2N4OS. The Bertz CT molecular complexity index is 895. The third-order valence-electron chi connectivity index (χ3n) is 3.20. The third kappa shape index (κ3) is 3.20. The van der Waals surface area contributed by atoms with E-state index in [1.54, 1.807) is 16.6 Å².